The van der Waals surface area contributed by atoms with Crippen molar-refractivity contribution in [2.75, 3.05) is 0 Å². The van der Waals surface area contributed by atoms with E-state index in [1.54, 1.807) is 23.9 Å². The third-order valence-electron chi connectivity index (χ3n) is 2.95. The molecule has 0 aliphatic heterocycles. The fourth-order valence-corrected chi connectivity index (χ4v) is 2.60. The molecular weight excluding hydrogens is 252 g/mol. The minimum Gasteiger partial charge on any atom is -0.299 e. The molecule has 1 aromatic rings. The van der Waals surface area contributed by atoms with Crippen molar-refractivity contribution in [3.05, 3.63) is 53.0 Å². The molecule has 0 bridgehead atoms. The molecule has 1 aliphatic rings. The fourth-order valence-electron chi connectivity index (χ4n) is 1.75. The maximum atomic E-state index is 7.64. The summed E-state index contributed by atoms with van der Waals surface area (Å²) >= 11 is 1.63. The summed E-state index contributed by atoms with van der Waals surface area (Å²) in [7, 11) is 0. The van der Waals surface area contributed by atoms with Crippen LogP contribution < -0.4 is 0 Å². The lowest BCUT2D eigenvalue weighted by Gasteiger charge is -2.19. The minimum absolute atomic E-state index is 0.171. The average molecular weight is 270 g/mol. The van der Waals surface area contributed by atoms with E-state index >= 15 is 0 Å². The Morgan fingerprint density at radius 2 is 1.53 bits per heavy atom. The molecule has 2 nitrogen and oxygen atoms in total. The van der Waals surface area contributed by atoms with Crippen molar-refractivity contribution >= 4 is 23.2 Å². The highest BCUT2D eigenvalue weighted by atomic mass is 32.2. The van der Waals surface area contributed by atoms with E-state index in [1.807, 2.05) is 6.08 Å². The van der Waals surface area contributed by atoms with Gasteiger partial charge < -0.3 is 0 Å². The van der Waals surface area contributed by atoms with Gasteiger partial charge in [-0.15, -0.1) is 0 Å². The molecule has 2 rings (SSSR count). The van der Waals surface area contributed by atoms with Crippen LogP contribution in [0.1, 0.15) is 26.3 Å². The Balaban J connectivity index is 2.13. The second-order valence-electron chi connectivity index (χ2n) is 5.58. The number of hydrogen-bond donors (Lipinski definition) is 2. The second kappa shape index (κ2) is 5.17. The third kappa shape index (κ3) is 3.44. The van der Waals surface area contributed by atoms with Gasteiger partial charge in [0.05, 0.1) is 11.4 Å². The highest BCUT2D eigenvalue weighted by Gasteiger charge is 2.13. The normalized spacial score (nSPS) is 15.6. The molecule has 0 saturated heterocycles. The summed E-state index contributed by atoms with van der Waals surface area (Å²) in [5.41, 5.74) is 2.04. The van der Waals surface area contributed by atoms with E-state index in [0.717, 1.165) is 9.80 Å². The van der Waals surface area contributed by atoms with Crippen LogP contribution in [0.5, 0.6) is 0 Å². The Kier molecular flexibility index (Phi) is 3.76. The Hall–Kier alpha value is -1.61. The van der Waals surface area contributed by atoms with Gasteiger partial charge in [0.25, 0.3) is 0 Å². The summed E-state index contributed by atoms with van der Waals surface area (Å²) in [6.07, 6.45) is 5.31. The van der Waals surface area contributed by atoms with E-state index in [0.29, 0.717) is 0 Å². The largest absolute Gasteiger partial charge is 0.299 e. The zero-order valence-corrected chi connectivity index (χ0v) is 12.3. The van der Waals surface area contributed by atoms with Crippen molar-refractivity contribution < 1.29 is 0 Å². The second-order valence-corrected chi connectivity index (χ2v) is 6.73. The van der Waals surface area contributed by atoms with E-state index in [-0.39, 0.29) is 16.8 Å². The number of hydrogen-bond acceptors (Lipinski definition) is 3. The highest BCUT2D eigenvalue weighted by molar-refractivity contribution is 8.03. The van der Waals surface area contributed by atoms with Crippen LogP contribution in [-0.2, 0) is 5.41 Å². The Labute approximate surface area is 118 Å². The molecule has 0 spiro atoms. The number of benzene rings is 1. The number of nitrogens with one attached hydrogen (secondary N) is 2. The quantitative estimate of drug-likeness (QED) is 0.760. The predicted octanol–water partition coefficient (Wildman–Crippen LogP) is 4.57. The van der Waals surface area contributed by atoms with E-state index in [2.05, 4.69) is 45.0 Å². The number of rotatable bonds is 2. The first kappa shape index (κ1) is 13.8. The van der Waals surface area contributed by atoms with Gasteiger partial charge in [-0.05, 0) is 41.3 Å². The Morgan fingerprint density at radius 3 is 2.05 bits per heavy atom. The maximum absolute atomic E-state index is 7.64. The van der Waals surface area contributed by atoms with Crippen LogP contribution in [-0.4, -0.2) is 11.4 Å². The maximum Gasteiger partial charge on any atom is 0.0800 e. The van der Waals surface area contributed by atoms with E-state index in [9.17, 15) is 0 Å². The molecule has 0 heterocycles. The molecule has 1 aromatic carbocycles. The Morgan fingerprint density at radius 1 is 0.895 bits per heavy atom. The van der Waals surface area contributed by atoms with Gasteiger partial charge >= 0.3 is 0 Å². The lowest BCUT2D eigenvalue weighted by atomic mass is 9.87. The first-order chi connectivity index (χ1) is 8.86. The van der Waals surface area contributed by atoms with Gasteiger partial charge in [-0.3, -0.25) is 10.8 Å². The van der Waals surface area contributed by atoms with Crippen LogP contribution in [0.25, 0.3) is 0 Å². The molecule has 0 fully saturated rings. The van der Waals surface area contributed by atoms with Gasteiger partial charge in [0.1, 0.15) is 0 Å². The molecule has 0 atom stereocenters. The first-order valence-electron chi connectivity index (χ1n) is 6.22. The number of thioether (sulfide) groups is 1. The van der Waals surface area contributed by atoms with E-state index in [4.69, 9.17) is 10.8 Å². The molecule has 2 N–H and O–H groups in total. The lowest BCUT2D eigenvalue weighted by molar-refractivity contribution is 0.590. The molecular formula is C16H18N2S. The zero-order valence-electron chi connectivity index (χ0n) is 11.4. The SMILES string of the molecule is CC(C)(C)c1ccc(SC2=CC(=N)C(=N)C=C2)cc1. The summed E-state index contributed by atoms with van der Waals surface area (Å²) in [4.78, 5) is 2.16. The van der Waals surface area contributed by atoms with E-state index < -0.39 is 0 Å². The van der Waals surface area contributed by atoms with Crippen LogP contribution in [0.15, 0.2) is 52.3 Å². The standard InChI is InChI=1S/C16H18N2S/c1-16(2,3)11-4-6-12(7-5-11)19-13-8-9-14(17)15(18)10-13/h4-10,17-18H,1-3H3. The Bertz CT molecular complexity index is 572. The zero-order chi connectivity index (χ0) is 14.0. The van der Waals surface area contributed by atoms with Crippen molar-refractivity contribution in [3.63, 3.8) is 0 Å². The lowest BCUT2D eigenvalue weighted by Crippen LogP contribution is -2.10. The molecule has 1 aliphatic carbocycles. The van der Waals surface area contributed by atoms with Crippen LogP contribution in [0.3, 0.4) is 0 Å². The molecule has 98 valence electrons. The molecule has 3 heteroatoms. The fraction of sp³-hybridized carbons (Fsp3) is 0.250. The molecule has 0 amide bonds. The van der Waals surface area contributed by atoms with Gasteiger partial charge in [0.2, 0.25) is 0 Å². The summed E-state index contributed by atoms with van der Waals surface area (Å²) in [5.74, 6) is 0. The van der Waals surface area contributed by atoms with Crippen LogP contribution in [0, 0.1) is 10.8 Å². The van der Waals surface area contributed by atoms with Gasteiger partial charge in [-0.1, -0.05) is 44.7 Å². The predicted molar refractivity (Wildman–Crippen MR) is 83.7 cm³/mol. The average Bonchev–Trinajstić information content (AvgIpc) is 2.33. The van der Waals surface area contributed by atoms with Crippen molar-refractivity contribution in [3.8, 4) is 0 Å². The van der Waals surface area contributed by atoms with Crippen LogP contribution in [0.2, 0.25) is 0 Å². The van der Waals surface area contributed by atoms with Crippen molar-refractivity contribution in [1.29, 1.82) is 10.8 Å². The number of allylic oxidation sites excluding steroid dienone is 3. The molecule has 0 aromatic heterocycles. The third-order valence-corrected chi connectivity index (χ3v) is 3.94. The summed E-state index contributed by atoms with van der Waals surface area (Å²) < 4.78 is 0. The minimum atomic E-state index is 0.171. The van der Waals surface area contributed by atoms with Crippen molar-refractivity contribution in [2.45, 2.75) is 31.1 Å². The van der Waals surface area contributed by atoms with Gasteiger partial charge in [0, 0.05) is 9.80 Å². The summed E-state index contributed by atoms with van der Waals surface area (Å²) in [6.45, 7) is 6.61. The molecule has 0 unspecified atom stereocenters. The highest BCUT2D eigenvalue weighted by Crippen LogP contribution is 2.31. The van der Waals surface area contributed by atoms with Crippen LogP contribution in [0.4, 0.5) is 0 Å². The molecule has 19 heavy (non-hydrogen) atoms. The summed E-state index contributed by atoms with van der Waals surface area (Å²) in [6, 6.07) is 8.54. The van der Waals surface area contributed by atoms with Crippen molar-refractivity contribution in [1.82, 2.24) is 0 Å². The smallest absolute Gasteiger partial charge is 0.0800 e. The van der Waals surface area contributed by atoms with Gasteiger partial charge in [0.15, 0.2) is 0 Å². The monoisotopic (exact) mass is 270 g/mol. The first-order valence-corrected chi connectivity index (χ1v) is 7.03. The topological polar surface area (TPSA) is 47.7 Å². The van der Waals surface area contributed by atoms with E-state index in [1.165, 1.54) is 5.56 Å². The van der Waals surface area contributed by atoms with Crippen molar-refractivity contribution in [2.24, 2.45) is 0 Å². The molecule has 0 radical (unpaired) electrons. The van der Waals surface area contributed by atoms with Gasteiger partial charge in [-0.2, -0.15) is 0 Å². The summed E-state index contributed by atoms with van der Waals surface area (Å²) in [5, 5.41) is 15.1. The van der Waals surface area contributed by atoms with Crippen LogP contribution >= 0.6 is 11.8 Å². The van der Waals surface area contributed by atoms with Gasteiger partial charge in [-0.25, -0.2) is 0 Å². The molecule has 0 saturated carbocycles.